The number of nitrogens with zero attached hydrogens (tertiary/aromatic N) is 3. The Kier molecular flexibility index (Phi) is 2.98. The molecule has 0 radical (unpaired) electrons. The Labute approximate surface area is 115 Å². The van der Waals surface area contributed by atoms with E-state index in [1.54, 1.807) is 0 Å². The van der Waals surface area contributed by atoms with E-state index in [0.29, 0.717) is 18.1 Å². The van der Waals surface area contributed by atoms with E-state index in [9.17, 15) is 4.79 Å². The van der Waals surface area contributed by atoms with Crippen LogP contribution in [0.2, 0.25) is 0 Å². The van der Waals surface area contributed by atoms with Gasteiger partial charge >= 0.3 is 5.97 Å². The molecule has 0 unspecified atom stereocenters. The van der Waals surface area contributed by atoms with Crippen molar-refractivity contribution < 1.29 is 9.90 Å². The molecule has 6 nitrogen and oxygen atoms in total. The molecule has 0 aliphatic carbocycles. The van der Waals surface area contributed by atoms with E-state index in [1.165, 1.54) is 0 Å². The minimum absolute atomic E-state index is 0.0458. The molecule has 0 amide bonds. The van der Waals surface area contributed by atoms with Crippen LogP contribution >= 0.6 is 0 Å². The van der Waals surface area contributed by atoms with Gasteiger partial charge in [-0.15, -0.1) is 0 Å². The number of carboxylic acid groups (broad SMARTS) is 1. The summed E-state index contributed by atoms with van der Waals surface area (Å²) in [4.78, 5) is 14.9. The van der Waals surface area contributed by atoms with Crippen molar-refractivity contribution in [2.24, 2.45) is 7.05 Å². The summed E-state index contributed by atoms with van der Waals surface area (Å²) in [5.41, 5.74) is 2.06. The van der Waals surface area contributed by atoms with Crippen molar-refractivity contribution in [3.05, 3.63) is 36.3 Å². The molecule has 6 heteroatoms. The maximum absolute atomic E-state index is 10.6. The molecule has 0 aliphatic heterocycles. The topological polar surface area (TPSA) is 83.8 Å². The van der Waals surface area contributed by atoms with Crippen molar-refractivity contribution in [1.82, 2.24) is 19.7 Å². The van der Waals surface area contributed by atoms with Gasteiger partial charge in [-0.2, -0.15) is 5.10 Å². The lowest BCUT2D eigenvalue weighted by atomic mass is 10.2. The number of aromatic amines is 1. The van der Waals surface area contributed by atoms with E-state index < -0.39 is 5.97 Å². The lowest BCUT2D eigenvalue weighted by Gasteiger charge is -1.93. The summed E-state index contributed by atoms with van der Waals surface area (Å²) in [7, 11) is 1.98. The third kappa shape index (κ3) is 2.16. The Morgan fingerprint density at radius 1 is 1.40 bits per heavy atom. The van der Waals surface area contributed by atoms with Gasteiger partial charge in [0, 0.05) is 36.1 Å². The highest BCUT2D eigenvalue weighted by atomic mass is 16.4. The standard InChI is InChI=1S/C14H14N4O2/c1-18-8-10(9-4-2-3-5-11(9)18)14-15-12(16-17-14)6-7-13(19)20/h2-5,8H,6-7H2,1H3,(H,19,20)(H,15,16,17). The molecule has 0 saturated heterocycles. The fourth-order valence-electron chi connectivity index (χ4n) is 2.27. The Bertz CT molecular complexity index is 772. The monoisotopic (exact) mass is 270 g/mol. The molecule has 0 aliphatic rings. The average Bonchev–Trinajstić information content (AvgIpc) is 3.02. The highest BCUT2D eigenvalue weighted by Gasteiger charge is 2.13. The van der Waals surface area contributed by atoms with Crippen LogP contribution in [0.4, 0.5) is 0 Å². The first-order chi connectivity index (χ1) is 9.65. The molecular weight excluding hydrogens is 256 g/mol. The van der Waals surface area contributed by atoms with Crippen LogP contribution in [0.25, 0.3) is 22.3 Å². The number of aliphatic carboxylic acids is 1. The van der Waals surface area contributed by atoms with Crippen LogP contribution in [0, 0.1) is 0 Å². The maximum Gasteiger partial charge on any atom is 0.303 e. The van der Waals surface area contributed by atoms with Gasteiger partial charge < -0.3 is 9.67 Å². The highest BCUT2D eigenvalue weighted by molar-refractivity contribution is 5.94. The number of hydrogen-bond acceptors (Lipinski definition) is 3. The zero-order valence-electron chi connectivity index (χ0n) is 11.0. The maximum atomic E-state index is 10.6. The number of nitrogens with one attached hydrogen (secondary N) is 1. The molecule has 2 N–H and O–H groups in total. The number of para-hydroxylation sites is 1. The molecule has 0 bridgehead atoms. The van der Waals surface area contributed by atoms with Crippen molar-refractivity contribution in [3.63, 3.8) is 0 Å². The molecule has 0 saturated carbocycles. The summed E-state index contributed by atoms with van der Waals surface area (Å²) in [6.45, 7) is 0. The Balaban J connectivity index is 1.97. The fourth-order valence-corrected chi connectivity index (χ4v) is 2.27. The van der Waals surface area contributed by atoms with Gasteiger partial charge in [-0.3, -0.25) is 9.89 Å². The van der Waals surface area contributed by atoms with Crippen LogP contribution < -0.4 is 0 Å². The lowest BCUT2D eigenvalue weighted by molar-refractivity contribution is -0.137. The molecule has 2 heterocycles. The van der Waals surface area contributed by atoms with Crippen LogP contribution in [-0.4, -0.2) is 30.8 Å². The number of benzene rings is 1. The second-order valence-electron chi connectivity index (χ2n) is 4.67. The molecule has 2 aromatic heterocycles. The zero-order valence-corrected chi connectivity index (χ0v) is 11.0. The van der Waals surface area contributed by atoms with Crippen LogP contribution in [0.5, 0.6) is 0 Å². The van der Waals surface area contributed by atoms with Crippen LogP contribution in [0.3, 0.4) is 0 Å². The fraction of sp³-hybridized carbons (Fsp3) is 0.214. The molecule has 0 fully saturated rings. The molecule has 0 spiro atoms. The van der Waals surface area contributed by atoms with E-state index in [0.717, 1.165) is 16.5 Å². The average molecular weight is 270 g/mol. The van der Waals surface area contributed by atoms with Crippen LogP contribution in [0.15, 0.2) is 30.5 Å². The number of carbonyl (C=O) groups is 1. The van der Waals surface area contributed by atoms with Gasteiger partial charge in [0.25, 0.3) is 0 Å². The predicted molar refractivity (Wildman–Crippen MR) is 74.3 cm³/mol. The normalized spacial score (nSPS) is 11.1. The van der Waals surface area contributed by atoms with E-state index in [1.807, 2.05) is 42.1 Å². The molecule has 20 heavy (non-hydrogen) atoms. The number of H-pyrrole nitrogens is 1. The van der Waals surface area contributed by atoms with E-state index in [4.69, 9.17) is 5.11 Å². The van der Waals surface area contributed by atoms with Crippen molar-refractivity contribution in [3.8, 4) is 11.4 Å². The quantitative estimate of drug-likeness (QED) is 0.759. The summed E-state index contributed by atoms with van der Waals surface area (Å²) in [6, 6.07) is 8.03. The number of aryl methyl sites for hydroxylation is 2. The third-order valence-electron chi connectivity index (χ3n) is 3.25. The molecule has 1 aromatic carbocycles. The van der Waals surface area contributed by atoms with E-state index >= 15 is 0 Å². The number of fused-ring (bicyclic) bond motifs is 1. The number of carboxylic acids is 1. The van der Waals surface area contributed by atoms with E-state index in [-0.39, 0.29) is 6.42 Å². The van der Waals surface area contributed by atoms with Crippen molar-refractivity contribution in [1.29, 1.82) is 0 Å². The highest BCUT2D eigenvalue weighted by Crippen LogP contribution is 2.27. The summed E-state index contributed by atoms with van der Waals surface area (Å²) < 4.78 is 2.03. The smallest absolute Gasteiger partial charge is 0.303 e. The number of hydrogen-bond donors (Lipinski definition) is 2. The van der Waals surface area contributed by atoms with Gasteiger partial charge in [0.05, 0.1) is 6.42 Å². The Morgan fingerprint density at radius 2 is 2.20 bits per heavy atom. The Hall–Kier alpha value is -2.63. The molecule has 3 rings (SSSR count). The van der Waals surface area contributed by atoms with Crippen molar-refractivity contribution >= 4 is 16.9 Å². The van der Waals surface area contributed by atoms with Crippen LogP contribution in [0.1, 0.15) is 12.2 Å². The van der Waals surface area contributed by atoms with Crippen LogP contribution in [-0.2, 0) is 18.3 Å². The summed E-state index contributed by atoms with van der Waals surface area (Å²) in [6.07, 6.45) is 2.38. The van der Waals surface area contributed by atoms with Gasteiger partial charge in [-0.05, 0) is 6.07 Å². The third-order valence-corrected chi connectivity index (χ3v) is 3.25. The SMILES string of the molecule is Cn1cc(-c2n[nH]c(CCC(=O)O)n2)c2ccccc21. The molecular formula is C14H14N4O2. The second kappa shape index (κ2) is 4.80. The first kappa shape index (κ1) is 12.4. The number of rotatable bonds is 4. The molecule has 3 aromatic rings. The first-order valence-electron chi connectivity index (χ1n) is 6.32. The molecule has 102 valence electrons. The largest absolute Gasteiger partial charge is 0.481 e. The second-order valence-corrected chi connectivity index (χ2v) is 4.67. The van der Waals surface area contributed by atoms with E-state index in [2.05, 4.69) is 15.2 Å². The van der Waals surface area contributed by atoms with Gasteiger partial charge in [0.2, 0.25) is 0 Å². The predicted octanol–water partition coefficient (Wildman–Crippen LogP) is 1.98. The summed E-state index contributed by atoms with van der Waals surface area (Å²) >= 11 is 0. The summed E-state index contributed by atoms with van der Waals surface area (Å²) in [5, 5.41) is 16.7. The summed E-state index contributed by atoms with van der Waals surface area (Å²) in [5.74, 6) is 0.352. The first-order valence-corrected chi connectivity index (χ1v) is 6.32. The Morgan fingerprint density at radius 3 is 3.00 bits per heavy atom. The van der Waals surface area contributed by atoms with Crippen molar-refractivity contribution in [2.75, 3.05) is 0 Å². The van der Waals surface area contributed by atoms with Crippen molar-refractivity contribution in [2.45, 2.75) is 12.8 Å². The number of aromatic nitrogens is 4. The minimum atomic E-state index is -0.840. The molecule has 0 atom stereocenters. The van der Waals surface area contributed by atoms with Gasteiger partial charge in [-0.1, -0.05) is 18.2 Å². The minimum Gasteiger partial charge on any atom is -0.481 e. The van der Waals surface area contributed by atoms with Gasteiger partial charge in [0.1, 0.15) is 5.82 Å². The lowest BCUT2D eigenvalue weighted by Crippen LogP contribution is -1.98. The van der Waals surface area contributed by atoms with Gasteiger partial charge in [0.15, 0.2) is 5.82 Å². The zero-order chi connectivity index (χ0) is 14.1. The van der Waals surface area contributed by atoms with Gasteiger partial charge in [-0.25, -0.2) is 4.98 Å².